The molecule has 106 valence electrons. The van der Waals surface area contributed by atoms with E-state index in [0.29, 0.717) is 12.1 Å². The average molecular weight is 337 g/mol. The van der Waals surface area contributed by atoms with Crippen molar-refractivity contribution in [3.8, 4) is 0 Å². The number of halogens is 1. The Morgan fingerprint density at radius 2 is 2.05 bits per heavy atom. The van der Waals surface area contributed by atoms with Crippen LogP contribution in [0.2, 0.25) is 0 Å². The lowest BCUT2D eigenvalue weighted by atomic mass is 10.1. The van der Waals surface area contributed by atoms with Crippen LogP contribution in [0.25, 0.3) is 10.9 Å². The molecule has 1 aromatic carbocycles. The fourth-order valence-corrected chi connectivity index (χ4v) is 2.37. The van der Waals surface area contributed by atoms with Gasteiger partial charge in [-0.3, -0.25) is 9.59 Å². The summed E-state index contributed by atoms with van der Waals surface area (Å²) in [4.78, 5) is 26.3. The molecule has 0 bridgehead atoms. The second kappa shape index (κ2) is 6.22. The number of nitrogens with one attached hydrogen (secondary N) is 2. The lowest BCUT2D eigenvalue weighted by Gasteiger charge is -2.09. The van der Waals surface area contributed by atoms with Crippen LogP contribution in [0.5, 0.6) is 0 Å². The van der Waals surface area contributed by atoms with E-state index in [9.17, 15) is 9.59 Å². The predicted molar refractivity (Wildman–Crippen MR) is 85.7 cm³/mol. The van der Waals surface area contributed by atoms with Crippen molar-refractivity contribution in [1.82, 2.24) is 4.98 Å². The maximum atomic E-state index is 11.8. The zero-order valence-electron chi connectivity index (χ0n) is 11.5. The van der Waals surface area contributed by atoms with E-state index in [1.54, 1.807) is 6.07 Å². The van der Waals surface area contributed by atoms with E-state index in [-0.39, 0.29) is 11.5 Å². The molecule has 0 aliphatic rings. The first-order chi connectivity index (χ1) is 9.52. The number of aromatic nitrogens is 1. The molecule has 0 aliphatic carbocycles. The van der Waals surface area contributed by atoms with E-state index < -0.39 is 0 Å². The van der Waals surface area contributed by atoms with Gasteiger partial charge in [-0.1, -0.05) is 22.0 Å². The SMILES string of the molecule is Cc1c(C)c2ccc(NC(=O)CCCBr)cc2[nH]c1=O. The van der Waals surface area contributed by atoms with Crippen molar-refractivity contribution in [3.63, 3.8) is 0 Å². The van der Waals surface area contributed by atoms with E-state index in [1.807, 2.05) is 26.0 Å². The third kappa shape index (κ3) is 3.10. The number of amides is 1. The second-order valence-electron chi connectivity index (χ2n) is 4.81. The number of pyridine rings is 1. The van der Waals surface area contributed by atoms with Gasteiger partial charge in [0.2, 0.25) is 5.91 Å². The number of alkyl halides is 1. The number of carbonyl (C=O) groups is 1. The van der Waals surface area contributed by atoms with Gasteiger partial charge in [0, 0.05) is 28.4 Å². The highest BCUT2D eigenvalue weighted by molar-refractivity contribution is 9.09. The Labute approximate surface area is 125 Å². The third-order valence-electron chi connectivity index (χ3n) is 3.40. The number of hydrogen-bond donors (Lipinski definition) is 2. The number of aromatic amines is 1. The highest BCUT2D eigenvalue weighted by atomic mass is 79.9. The van der Waals surface area contributed by atoms with Crippen molar-refractivity contribution in [1.29, 1.82) is 0 Å². The first-order valence-corrected chi connectivity index (χ1v) is 7.64. The molecule has 1 amide bonds. The summed E-state index contributed by atoms with van der Waals surface area (Å²) in [6, 6.07) is 5.59. The maximum Gasteiger partial charge on any atom is 0.251 e. The number of H-pyrrole nitrogens is 1. The minimum atomic E-state index is -0.0854. The monoisotopic (exact) mass is 336 g/mol. The van der Waals surface area contributed by atoms with Crippen LogP contribution in [0.3, 0.4) is 0 Å². The molecule has 2 rings (SSSR count). The number of aryl methyl sites for hydroxylation is 1. The smallest absolute Gasteiger partial charge is 0.251 e. The molecular formula is C15H17BrN2O2. The largest absolute Gasteiger partial charge is 0.326 e. The zero-order chi connectivity index (χ0) is 14.7. The molecule has 20 heavy (non-hydrogen) atoms. The van der Waals surface area contributed by atoms with Crippen molar-refractivity contribution >= 4 is 38.4 Å². The fourth-order valence-electron chi connectivity index (χ4n) is 2.09. The van der Waals surface area contributed by atoms with Gasteiger partial charge in [-0.15, -0.1) is 0 Å². The van der Waals surface area contributed by atoms with Crippen LogP contribution in [0.1, 0.15) is 24.0 Å². The molecule has 0 saturated carbocycles. The van der Waals surface area contributed by atoms with Crippen molar-refractivity contribution in [2.24, 2.45) is 0 Å². The normalized spacial score (nSPS) is 10.8. The summed E-state index contributed by atoms with van der Waals surface area (Å²) >= 11 is 3.30. The molecule has 1 heterocycles. The Hall–Kier alpha value is -1.62. The first-order valence-electron chi connectivity index (χ1n) is 6.52. The molecule has 5 heteroatoms. The molecule has 0 atom stereocenters. The van der Waals surface area contributed by atoms with Crippen molar-refractivity contribution in [2.75, 3.05) is 10.6 Å². The van der Waals surface area contributed by atoms with Crippen LogP contribution < -0.4 is 10.9 Å². The number of anilines is 1. The Bertz CT molecular complexity index is 707. The number of carbonyl (C=O) groups excluding carboxylic acids is 1. The van der Waals surface area contributed by atoms with Gasteiger partial charge in [-0.05, 0) is 38.0 Å². The summed E-state index contributed by atoms with van der Waals surface area (Å²) in [7, 11) is 0. The van der Waals surface area contributed by atoms with Gasteiger partial charge < -0.3 is 10.3 Å². The summed E-state index contributed by atoms with van der Waals surface area (Å²) in [5.74, 6) is -0.0185. The number of rotatable bonds is 4. The standard InChI is InChI=1S/C15H17BrN2O2/c1-9-10(2)15(20)18-13-8-11(5-6-12(9)13)17-14(19)4-3-7-16/h5-6,8H,3-4,7H2,1-2H3,(H,17,19)(H,18,20). The van der Waals surface area contributed by atoms with Crippen molar-refractivity contribution < 1.29 is 4.79 Å². The van der Waals surface area contributed by atoms with Gasteiger partial charge in [0.25, 0.3) is 5.56 Å². The van der Waals surface area contributed by atoms with Crippen LogP contribution in [0.15, 0.2) is 23.0 Å². The van der Waals surface area contributed by atoms with Crippen molar-refractivity contribution in [2.45, 2.75) is 26.7 Å². The topological polar surface area (TPSA) is 62.0 Å². The Morgan fingerprint density at radius 1 is 1.30 bits per heavy atom. The highest BCUT2D eigenvalue weighted by Gasteiger charge is 2.07. The van der Waals surface area contributed by atoms with Crippen LogP contribution in [0.4, 0.5) is 5.69 Å². The van der Waals surface area contributed by atoms with E-state index in [4.69, 9.17) is 0 Å². The quantitative estimate of drug-likeness (QED) is 0.842. The minimum absolute atomic E-state index is 0.0185. The van der Waals surface area contributed by atoms with E-state index >= 15 is 0 Å². The molecule has 2 N–H and O–H groups in total. The Morgan fingerprint density at radius 3 is 2.75 bits per heavy atom. The number of hydrogen-bond acceptors (Lipinski definition) is 2. The van der Waals surface area contributed by atoms with Crippen molar-refractivity contribution in [3.05, 3.63) is 39.7 Å². The van der Waals surface area contributed by atoms with Gasteiger partial charge in [0.15, 0.2) is 0 Å². The van der Waals surface area contributed by atoms with Gasteiger partial charge in [-0.2, -0.15) is 0 Å². The Balaban J connectivity index is 2.32. The molecule has 4 nitrogen and oxygen atoms in total. The molecule has 2 aromatic rings. The molecule has 1 aromatic heterocycles. The lowest BCUT2D eigenvalue weighted by Crippen LogP contribution is -2.13. The minimum Gasteiger partial charge on any atom is -0.326 e. The van der Waals surface area contributed by atoms with Crippen LogP contribution >= 0.6 is 15.9 Å². The van der Waals surface area contributed by atoms with E-state index in [2.05, 4.69) is 26.2 Å². The summed E-state index contributed by atoms with van der Waals surface area (Å²) in [5, 5.41) is 4.65. The van der Waals surface area contributed by atoms with E-state index in [1.165, 1.54) is 0 Å². The second-order valence-corrected chi connectivity index (χ2v) is 5.60. The lowest BCUT2D eigenvalue weighted by molar-refractivity contribution is -0.116. The Kier molecular flexibility index (Phi) is 4.60. The predicted octanol–water partition coefficient (Wildman–Crippen LogP) is 3.26. The van der Waals surface area contributed by atoms with Gasteiger partial charge in [0.05, 0.1) is 5.52 Å². The van der Waals surface area contributed by atoms with Gasteiger partial charge in [0.1, 0.15) is 0 Å². The summed E-state index contributed by atoms with van der Waals surface area (Å²) < 4.78 is 0. The first kappa shape index (κ1) is 14.8. The summed E-state index contributed by atoms with van der Waals surface area (Å²) in [6.45, 7) is 3.74. The van der Waals surface area contributed by atoms with Crippen LogP contribution in [0, 0.1) is 13.8 Å². The highest BCUT2D eigenvalue weighted by Crippen LogP contribution is 2.21. The van der Waals surface area contributed by atoms with E-state index in [0.717, 1.165) is 33.8 Å². The summed E-state index contributed by atoms with van der Waals surface area (Å²) in [5.41, 5.74) is 3.07. The van der Waals surface area contributed by atoms with Crippen LogP contribution in [-0.2, 0) is 4.79 Å². The molecule has 0 aliphatic heterocycles. The molecule has 0 spiro atoms. The van der Waals surface area contributed by atoms with Crippen LogP contribution in [-0.4, -0.2) is 16.2 Å². The number of benzene rings is 1. The maximum absolute atomic E-state index is 11.8. The van der Waals surface area contributed by atoms with Gasteiger partial charge >= 0.3 is 0 Å². The number of fused-ring (bicyclic) bond motifs is 1. The molecule has 0 saturated heterocycles. The van der Waals surface area contributed by atoms with Gasteiger partial charge in [-0.25, -0.2) is 0 Å². The molecule has 0 radical (unpaired) electrons. The molecule has 0 unspecified atom stereocenters. The molecule has 0 fully saturated rings. The zero-order valence-corrected chi connectivity index (χ0v) is 13.1. The molecular weight excluding hydrogens is 320 g/mol. The summed E-state index contributed by atoms with van der Waals surface area (Å²) in [6.07, 6.45) is 1.28. The average Bonchev–Trinajstić information content (AvgIpc) is 2.42. The fraction of sp³-hybridized carbons (Fsp3) is 0.333. The third-order valence-corrected chi connectivity index (χ3v) is 3.96.